The Labute approximate surface area is 191 Å². The van der Waals surface area contributed by atoms with Gasteiger partial charge in [-0.15, -0.1) is 0 Å². The predicted octanol–water partition coefficient (Wildman–Crippen LogP) is 6.03. The van der Waals surface area contributed by atoms with Crippen LogP contribution in [-0.2, 0) is 19.6 Å². The fourth-order valence-corrected chi connectivity index (χ4v) is 3.75. The molecule has 4 nitrogen and oxygen atoms in total. The molecule has 30 heavy (non-hydrogen) atoms. The summed E-state index contributed by atoms with van der Waals surface area (Å²) in [7, 11) is 3.32. The largest absolute Gasteiger partial charge is 0.497 e. The van der Waals surface area contributed by atoms with Crippen LogP contribution in [-0.4, -0.2) is 20.8 Å². The second-order valence-corrected chi connectivity index (χ2v) is 8.04. The van der Waals surface area contributed by atoms with Crippen LogP contribution in [0.4, 0.5) is 0 Å². The summed E-state index contributed by atoms with van der Waals surface area (Å²) in [5.74, 6) is 2.30. The van der Waals surface area contributed by atoms with Crippen LogP contribution >= 0.6 is 27.5 Å². The van der Waals surface area contributed by atoms with E-state index in [9.17, 15) is 0 Å². The Kier molecular flexibility index (Phi) is 8.43. The molecule has 0 saturated carbocycles. The number of benzene rings is 3. The van der Waals surface area contributed by atoms with E-state index < -0.39 is 0 Å². The first-order valence-corrected chi connectivity index (χ1v) is 10.8. The molecule has 0 amide bonds. The van der Waals surface area contributed by atoms with Crippen molar-refractivity contribution in [2.45, 2.75) is 19.6 Å². The molecule has 0 radical (unpaired) electrons. The normalized spacial score (nSPS) is 10.7. The molecule has 158 valence electrons. The van der Waals surface area contributed by atoms with Crippen LogP contribution < -0.4 is 19.5 Å². The molecule has 0 spiro atoms. The van der Waals surface area contributed by atoms with Crippen molar-refractivity contribution in [3.63, 3.8) is 0 Å². The van der Waals surface area contributed by atoms with Gasteiger partial charge in [0.1, 0.15) is 12.4 Å². The van der Waals surface area contributed by atoms with E-state index in [0.29, 0.717) is 23.9 Å². The van der Waals surface area contributed by atoms with Gasteiger partial charge in [0.25, 0.3) is 0 Å². The summed E-state index contributed by atoms with van der Waals surface area (Å²) >= 11 is 9.74. The summed E-state index contributed by atoms with van der Waals surface area (Å²) in [5.41, 5.74) is 3.28. The van der Waals surface area contributed by atoms with Crippen LogP contribution in [0.3, 0.4) is 0 Å². The molecule has 1 N–H and O–H groups in total. The molecule has 6 heteroatoms. The maximum absolute atomic E-state index is 6.15. The molecule has 0 aromatic heterocycles. The summed E-state index contributed by atoms with van der Waals surface area (Å²) in [6.45, 7) is 1.90. The highest BCUT2D eigenvalue weighted by Gasteiger charge is 2.15. The Bertz CT molecular complexity index is 963. The quantitative estimate of drug-likeness (QED) is 0.352. The van der Waals surface area contributed by atoms with Gasteiger partial charge in [-0.1, -0.05) is 51.8 Å². The van der Waals surface area contributed by atoms with E-state index in [0.717, 1.165) is 40.1 Å². The summed E-state index contributed by atoms with van der Waals surface area (Å²) in [6, 6.07) is 19.7. The lowest BCUT2D eigenvalue weighted by molar-refractivity contribution is 0.280. The van der Waals surface area contributed by atoms with Gasteiger partial charge in [-0.05, 0) is 60.5 Å². The lowest BCUT2D eigenvalue weighted by Crippen LogP contribution is -2.18. The SMILES string of the molecule is COc1ccc(CCNCc2c(Br)ccc(OC)c2OCc2cccc(Cl)c2)cc1. The number of halogens is 2. The van der Waals surface area contributed by atoms with Crippen LogP contribution in [0.1, 0.15) is 16.7 Å². The molecule has 0 atom stereocenters. The Morgan fingerprint density at radius 3 is 2.43 bits per heavy atom. The van der Waals surface area contributed by atoms with Crippen molar-refractivity contribution in [2.75, 3.05) is 20.8 Å². The highest BCUT2D eigenvalue weighted by Crippen LogP contribution is 2.37. The standard InChI is InChI=1S/C24H25BrClNO3/c1-28-20-8-6-17(7-9-20)12-13-27-15-21-22(25)10-11-23(29-2)24(21)30-16-18-4-3-5-19(26)14-18/h3-11,14,27H,12-13,15-16H2,1-2H3. The fourth-order valence-electron chi connectivity index (χ4n) is 3.09. The van der Waals surface area contributed by atoms with Crippen molar-refractivity contribution in [1.29, 1.82) is 0 Å². The highest BCUT2D eigenvalue weighted by molar-refractivity contribution is 9.10. The molecule has 0 aliphatic heterocycles. The molecule has 3 aromatic rings. The average Bonchev–Trinajstić information content (AvgIpc) is 2.77. The van der Waals surface area contributed by atoms with E-state index in [4.69, 9.17) is 25.8 Å². The molecular formula is C24H25BrClNO3. The molecular weight excluding hydrogens is 466 g/mol. The lowest BCUT2D eigenvalue weighted by Gasteiger charge is -2.17. The smallest absolute Gasteiger partial charge is 0.167 e. The van der Waals surface area contributed by atoms with Crippen LogP contribution in [0.2, 0.25) is 5.02 Å². The minimum absolute atomic E-state index is 0.409. The van der Waals surface area contributed by atoms with Gasteiger partial charge in [-0.2, -0.15) is 0 Å². The van der Waals surface area contributed by atoms with Gasteiger partial charge in [-0.3, -0.25) is 0 Å². The fraction of sp³-hybridized carbons (Fsp3) is 0.250. The summed E-state index contributed by atoms with van der Waals surface area (Å²) in [6.07, 6.45) is 0.921. The maximum atomic E-state index is 6.15. The molecule has 0 unspecified atom stereocenters. The maximum Gasteiger partial charge on any atom is 0.167 e. The van der Waals surface area contributed by atoms with Gasteiger partial charge in [0.15, 0.2) is 11.5 Å². The molecule has 3 rings (SSSR count). The Hall–Kier alpha value is -2.21. The van der Waals surface area contributed by atoms with Crippen molar-refractivity contribution in [1.82, 2.24) is 5.32 Å². The Morgan fingerprint density at radius 2 is 1.73 bits per heavy atom. The van der Waals surface area contributed by atoms with Crippen LogP contribution in [0.25, 0.3) is 0 Å². The number of methoxy groups -OCH3 is 2. The van der Waals surface area contributed by atoms with Crippen LogP contribution in [0.5, 0.6) is 17.2 Å². The number of rotatable bonds is 10. The third-order valence-corrected chi connectivity index (χ3v) is 5.69. The first-order valence-electron chi connectivity index (χ1n) is 9.67. The predicted molar refractivity (Wildman–Crippen MR) is 125 cm³/mol. The summed E-state index contributed by atoms with van der Waals surface area (Å²) in [4.78, 5) is 0. The topological polar surface area (TPSA) is 39.7 Å². The van der Waals surface area contributed by atoms with Gasteiger partial charge < -0.3 is 19.5 Å². The minimum Gasteiger partial charge on any atom is -0.497 e. The molecule has 0 fully saturated rings. The van der Waals surface area contributed by atoms with E-state index in [1.807, 2.05) is 48.5 Å². The third-order valence-electron chi connectivity index (χ3n) is 4.71. The average molecular weight is 491 g/mol. The van der Waals surface area contributed by atoms with Gasteiger partial charge in [-0.25, -0.2) is 0 Å². The monoisotopic (exact) mass is 489 g/mol. The van der Waals surface area contributed by atoms with Gasteiger partial charge in [0.05, 0.1) is 14.2 Å². The van der Waals surface area contributed by atoms with E-state index in [1.165, 1.54) is 5.56 Å². The summed E-state index contributed by atoms with van der Waals surface area (Å²) in [5, 5.41) is 4.19. The van der Waals surface area contributed by atoms with Gasteiger partial charge >= 0.3 is 0 Å². The van der Waals surface area contributed by atoms with Crippen LogP contribution in [0, 0.1) is 0 Å². The van der Waals surface area contributed by atoms with Crippen molar-refractivity contribution < 1.29 is 14.2 Å². The second kappa shape index (κ2) is 11.3. The van der Waals surface area contributed by atoms with E-state index >= 15 is 0 Å². The van der Waals surface area contributed by atoms with Gasteiger partial charge in [0.2, 0.25) is 0 Å². The second-order valence-electron chi connectivity index (χ2n) is 6.75. The van der Waals surface area contributed by atoms with Crippen molar-refractivity contribution in [3.05, 3.63) is 86.8 Å². The van der Waals surface area contributed by atoms with Gasteiger partial charge in [0, 0.05) is 21.6 Å². The van der Waals surface area contributed by atoms with E-state index in [-0.39, 0.29) is 0 Å². The first-order chi connectivity index (χ1) is 14.6. The molecule has 3 aromatic carbocycles. The first kappa shape index (κ1) is 22.5. The molecule has 0 saturated heterocycles. The van der Waals surface area contributed by atoms with Crippen molar-refractivity contribution >= 4 is 27.5 Å². The number of ether oxygens (including phenoxy) is 3. The molecule has 0 aliphatic carbocycles. The number of hydrogen-bond donors (Lipinski definition) is 1. The molecule has 0 bridgehead atoms. The van der Waals surface area contributed by atoms with E-state index in [1.54, 1.807) is 14.2 Å². The zero-order chi connectivity index (χ0) is 21.3. The van der Waals surface area contributed by atoms with E-state index in [2.05, 4.69) is 33.4 Å². The summed E-state index contributed by atoms with van der Waals surface area (Å²) < 4.78 is 17.9. The number of nitrogens with one attached hydrogen (secondary N) is 1. The zero-order valence-electron chi connectivity index (χ0n) is 17.1. The van der Waals surface area contributed by atoms with Crippen LogP contribution in [0.15, 0.2) is 65.1 Å². The number of hydrogen-bond acceptors (Lipinski definition) is 4. The molecule has 0 aliphatic rings. The Balaban J connectivity index is 1.65. The van der Waals surface area contributed by atoms with Crippen molar-refractivity contribution in [2.24, 2.45) is 0 Å². The minimum atomic E-state index is 0.409. The van der Waals surface area contributed by atoms with Crippen molar-refractivity contribution in [3.8, 4) is 17.2 Å². The highest BCUT2D eigenvalue weighted by atomic mass is 79.9. The molecule has 0 heterocycles. The lowest BCUT2D eigenvalue weighted by atomic mass is 10.1. The Morgan fingerprint density at radius 1 is 0.933 bits per heavy atom. The zero-order valence-corrected chi connectivity index (χ0v) is 19.4. The third kappa shape index (κ3) is 6.14.